The number of halogens is 4. The summed E-state index contributed by atoms with van der Waals surface area (Å²) in [6.45, 7) is 0. The van der Waals surface area contributed by atoms with Crippen LogP contribution < -0.4 is 0 Å². The number of alkyl halides is 3. The summed E-state index contributed by atoms with van der Waals surface area (Å²) >= 11 is 2.99. The minimum absolute atomic E-state index is 0.0979. The molecular formula is C12H9BrF3NO2. The van der Waals surface area contributed by atoms with Crippen LogP contribution >= 0.6 is 15.9 Å². The normalized spacial score (nSPS) is 17.5. The number of rotatable bonds is 2. The van der Waals surface area contributed by atoms with Crippen LogP contribution in [0.1, 0.15) is 30.4 Å². The van der Waals surface area contributed by atoms with Crippen LogP contribution in [0.2, 0.25) is 0 Å². The number of hydrogen-bond acceptors (Lipinski definition) is 3. The smallest absolute Gasteiger partial charge is 0.416 e. The van der Waals surface area contributed by atoms with Crippen molar-refractivity contribution in [1.82, 2.24) is 0 Å². The van der Waals surface area contributed by atoms with Crippen LogP contribution in [-0.2, 0) is 16.5 Å². The fourth-order valence-corrected chi connectivity index (χ4v) is 2.57. The Morgan fingerprint density at radius 3 is 2.42 bits per heavy atom. The predicted octanol–water partition coefficient (Wildman–Crippen LogP) is 3.89. The minimum Gasteiger partial charge on any atom is -0.507 e. The van der Waals surface area contributed by atoms with Crippen molar-refractivity contribution in [1.29, 1.82) is 0 Å². The van der Waals surface area contributed by atoms with Gasteiger partial charge >= 0.3 is 6.18 Å². The van der Waals surface area contributed by atoms with Crippen LogP contribution in [0.5, 0.6) is 5.75 Å². The fourth-order valence-electron chi connectivity index (χ4n) is 2.22. The molecule has 1 fully saturated rings. The third-order valence-corrected chi connectivity index (χ3v) is 3.97. The van der Waals surface area contributed by atoms with Crippen LogP contribution in [0.3, 0.4) is 0 Å². The van der Waals surface area contributed by atoms with Gasteiger partial charge in [0.1, 0.15) is 5.75 Å². The number of aliphatic imine (C=N–C) groups is 1. The summed E-state index contributed by atoms with van der Waals surface area (Å²) in [5.41, 5.74) is -2.23. The van der Waals surface area contributed by atoms with Crippen molar-refractivity contribution in [2.75, 3.05) is 0 Å². The Bertz CT molecular complexity index is 561. The second kappa shape index (κ2) is 4.65. The number of aromatic hydroxyl groups is 1. The zero-order valence-corrected chi connectivity index (χ0v) is 11.2. The van der Waals surface area contributed by atoms with E-state index in [1.165, 1.54) is 12.1 Å². The number of isocyanates is 1. The van der Waals surface area contributed by atoms with Gasteiger partial charge in [0, 0.05) is 0 Å². The summed E-state index contributed by atoms with van der Waals surface area (Å²) in [5.74, 6) is -0.499. The Labute approximate surface area is 115 Å². The maximum absolute atomic E-state index is 13.0. The lowest BCUT2D eigenvalue weighted by Crippen LogP contribution is -2.34. The van der Waals surface area contributed by atoms with Crippen molar-refractivity contribution >= 4 is 22.0 Å². The summed E-state index contributed by atoms with van der Waals surface area (Å²) < 4.78 is 39.2. The summed E-state index contributed by atoms with van der Waals surface area (Å²) in [5, 5.41) is 9.42. The molecule has 3 nitrogen and oxygen atoms in total. The summed E-state index contributed by atoms with van der Waals surface area (Å²) in [4.78, 5) is 14.0. The first kappa shape index (κ1) is 14.1. The Morgan fingerprint density at radius 2 is 2.00 bits per heavy atom. The molecule has 0 spiro atoms. The van der Waals surface area contributed by atoms with Crippen LogP contribution in [0.4, 0.5) is 13.2 Å². The van der Waals surface area contributed by atoms with E-state index in [0.29, 0.717) is 25.3 Å². The van der Waals surface area contributed by atoms with Gasteiger partial charge < -0.3 is 5.11 Å². The van der Waals surface area contributed by atoms with E-state index >= 15 is 0 Å². The van der Waals surface area contributed by atoms with Gasteiger partial charge in [-0.1, -0.05) is 0 Å². The van der Waals surface area contributed by atoms with Crippen LogP contribution in [-0.4, -0.2) is 11.2 Å². The van der Waals surface area contributed by atoms with E-state index in [9.17, 15) is 23.1 Å². The third-order valence-electron chi connectivity index (χ3n) is 3.33. The van der Waals surface area contributed by atoms with Gasteiger partial charge in [-0.3, -0.25) is 0 Å². The fraction of sp³-hybridized carbons (Fsp3) is 0.417. The van der Waals surface area contributed by atoms with Crippen LogP contribution in [0, 0.1) is 0 Å². The molecule has 2 rings (SSSR count). The molecule has 7 heteroatoms. The first-order chi connectivity index (χ1) is 8.80. The predicted molar refractivity (Wildman–Crippen MR) is 64.5 cm³/mol. The number of nitrogens with zero attached hydrogens (tertiary/aromatic N) is 1. The molecule has 0 unspecified atom stereocenters. The molecule has 0 aromatic heterocycles. The van der Waals surface area contributed by atoms with E-state index in [1.54, 1.807) is 0 Å². The molecule has 0 radical (unpaired) electrons. The van der Waals surface area contributed by atoms with E-state index in [2.05, 4.69) is 20.9 Å². The Kier molecular flexibility index (Phi) is 3.45. The molecule has 19 heavy (non-hydrogen) atoms. The average molecular weight is 336 g/mol. The van der Waals surface area contributed by atoms with Gasteiger partial charge in [0.05, 0.1) is 15.6 Å². The molecule has 1 aliphatic carbocycles. The summed E-state index contributed by atoms with van der Waals surface area (Å²) in [6, 6.07) is 1.83. The monoisotopic (exact) mass is 335 g/mol. The van der Waals surface area contributed by atoms with Gasteiger partial charge in [-0.25, -0.2) is 4.79 Å². The van der Waals surface area contributed by atoms with Gasteiger partial charge in [-0.15, -0.1) is 0 Å². The lowest BCUT2D eigenvalue weighted by Gasteiger charge is -2.38. The Hall–Kier alpha value is -1.33. The van der Waals surface area contributed by atoms with E-state index in [0.717, 1.165) is 0 Å². The van der Waals surface area contributed by atoms with E-state index in [4.69, 9.17) is 0 Å². The standard InChI is InChI=1S/C12H9BrF3NO2/c13-9-4-7(11(17-6-18)2-1-3-11)8(5-10(9)19)12(14,15)16/h4-5,19H,1-3H2. The number of hydrogen-bond donors (Lipinski definition) is 1. The van der Waals surface area contributed by atoms with E-state index in [-0.39, 0.29) is 10.0 Å². The summed E-state index contributed by atoms with van der Waals surface area (Å²) in [6.07, 6.45) is -1.84. The molecule has 0 saturated heterocycles. The zero-order chi connectivity index (χ0) is 14.3. The number of benzene rings is 1. The van der Waals surface area contributed by atoms with Crippen molar-refractivity contribution in [2.45, 2.75) is 31.0 Å². The van der Waals surface area contributed by atoms with Crippen molar-refractivity contribution in [2.24, 2.45) is 4.99 Å². The topological polar surface area (TPSA) is 49.7 Å². The maximum atomic E-state index is 13.0. The number of phenolic OH excluding ortho intramolecular Hbond substituents is 1. The second-order valence-corrected chi connectivity index (χ2v) is 5.29. The van der Waals surface area contributed by atoms with Gasteiger partial charge in [0.2, 0.25) is 6.08 Å². The molecule has 0 heterocycles. The molecule has 1 aliphatic rings. The highest BCUT2D eigenvalue weighted by Crippen LogP contribution is 2.50. The van der Waals surface area contributed by atoms with Crippen LogP contribution in [0.15, 0.2) is 21.6 Å². The zero-order valence-electron chi connectivity index (χ0n) is 9.59. The average Bonchev–Trinajstić information content (AvgIpc) is 2.25. The highest BCUT2D eigenvalue weighted by atomic mass is 79.9. The Morgan fingerprint density at radius 1 is 1.37 bits per heavy atom. The summed E-state index contributed by atoms with van der Waals surface area (Å²) in [7, 11) is 0. The molecule has 1 aromatic carbocycles. The molecule has 1 saturated carbocycles. The lowest BCUT2D eigenvalue weighted by molar-refractivity contribution is -0.139. The minimum atomic E-state index is -4.62. The Balaban J connectivity index is 2.68. The number of phenols is 1. The molecule has 1 aromatic rings. The third kappa shape index (κ3) is 2.40. The molecular weight excluding hydrogens is 327 g/mol. The van der Waals surface area contributed by atoms with Gasteiger partial charge in [-0.2, -0.15) is 18.2 Å². The quantitative estimate of drug-likeness (QED) is 0.658. The van der Waals surface area contributed by atoms with Crippen molar-refractivity contribution in [3.05, 3.63) is 27.7 Å². The van der Waals surface area contributed by atoms with Crippen molar-refractivity contribution in [3.8, 4) is 5.75 Å². The molecule has 0 bridgehead atoms. The highest BCUT2D eigenvalue weighted by Gasteiger charge is 2.46. The molecule has 1 N–H and O–H groups in total. The largest absolute Gasteiger partial charge is 0.507 e. The molecule has 102 valence electrons. The molecule has 0 aliphatic heterocycles. The first-order valence-corrected chi connectivity index (χ1v) is 6.29. The highest BCUT2D eigenvalue weighted by molar-refractivity contribution is 9.10. The van der Waals surface area contributed by atoms with Gasteiger partial charge in [0.25, 0.3) is 0 Å². The van der Waals surface area contributed by atoms with Gasteiger partial charge in [-0.05, 0) is 52.9 Å². The second-order valence-electron chi connectivity index (χ2n) is 4.44. The van der Waals surface area contributed by atoms with Crippen LogP contribution in [0.25, 0.3) is 0 Å². The SMILES string of the molecule is O=C=NC1(c2cc(Br)c(O)cc2C(F)(F)F)CCC1. The van der Waals surface area contributed by atoms with Crippen molar-refractivity contribution < 1.29 is 23.1 Å². The van der Waals surface area contributed by atoms with E-state index in [1.807, 2.05) is 0 Å². The van der Waals surface area contributed by atoms with Gasteiger partial charge in [0.15, 0.2) is 0 Å². The first-order valence-electron chi connectivity index (χ1n) is 5.49. The lowest BCUT2D eigenvalue weighted by atomic mass is 9.71. The number of carbonyl (C=O) groups excluding carboxylic acids is 1. The molecule has 0 amide bonds. The van der Waals surface area contributed by atoms with E-state index < -0.39 is 23.0 Å². The molecule has 0 atom stereocenters. The maximum Gasteiger partial charge on any atom is 0.416 e. The van der Waals surface area contributed by atoms with Crippen molar-refractivity contribution in [3.63, 3.8) is 0 Å².